The molecule has 16 heteroatoms. The summed E-state index contributed by atoms with van der Waals surface area (Å²) in [5, 5.41) is 27.0. The highest BCUT2D eigenvalue weighted by Crippen LogP contribution is 2.19. The van der Waals surface area contributed by atoms with E-state index in [0.717, 1.165) is 10.9 Å². The largest absolute Gasteiger partial charge is 0.481 e. The van der Waals surface area contributed by atoms with Crippen LogP contribution in [0.2, 0.25) is 0 Å². The molecule has 4 amide bonds. The SMILES string of the molecule is NC(=O)CC(N)C(=O)NC(Cc1cnc[nH]1)C(=O)NC(CCC(=O)O)C(=O)NC(Cc1c[nH]c2ccccc12)C(=O)O. The fourth-order valence-corrected chi connectivity index (χ4v) is 4.22. The molecule has 0 aliphatic rings. The number of primary amides is 1. The van der Waals surface area contributed by atoms with Crippen LogP contribution in [0, 0.1) is 0 Å². The number of imidazole rings is 1. The van der Waals surface area contributed by atoms with Crippen LogP contribution in [0.4, 0.5) is 0 Å². The maximum atomic E-state index is 13.3. The quantitative estimate of drug-likeness (QED) is 0.0918. The van der Waals surface area contributed by atoms with Crippen LogP contribution in [-0.4, -0.2) is 84.9 Å². The summed E-state index contributed by atoms with van der Waals surface area (Å²) in [5.41, 5.74) is 12.6. The van der Waals surface area contributed by atoms with Crippen molar-refractivity contribution in [1.82, 2.24) is 30.9 Å². The van der Waals surface area contributed by atoms with E-state index in [1.165, 1.54) is 12.5 Å². The first kappa shape index (κ1) is 31.3. The van der Waals surface area contributed by atoms with E-state index >= 15 is 0 Å². The van der Waals surface area contributed by atoms with Gasteiger partial charge in [-0.1, -0.05) is 18.2 Å². The Hall–Kier alpha value is -5.25. The van der Waals surface area contributed by atoms with Crippen LogP contribution in [0.15, 0.2) is 43.0 Å². The van der Waals surface area contributed by atoms with E-state index in [1.54, 1.807) is 18.3 Å². The molecule has 0 radical (unpaired) electrons. The molecule has 1 aromatic carbocycles. The third-order valence-corrected chi connectivity index (χ3v) is 6.36. The van der Waals surface area contributed by atoms with Crippen molar-refractivity contribution in [2.24, 2.45) is 11.5 Å². The third-order valence-electron chi connectivity index (χ3n) is 6.36. The number of benzene rings is 1. The van der Waals surface area contributed by atoms with Crippen LogP contribution < -0.4 is 27.4 Å². The van der Waals surface area contributed by atoms with E-state index in [2.05, 4.69) is 30.9 Å². The van der Waals surface area contributed by atoms with E-state index in [-0.39, 0.29) is 19.3 Å². The zero-order valence-electron chi connectivity index (χ0n) is 22.3. The molecule has 0 aliphatic heterocycles. The molecule has 0 bridgehead atoms. The van der Waals surface area contributed by atoms with Crippen LogP contribution in [0.25, 0.3) is 10.9 Å². The number of aromatic amines is 2. The molecule has 0 saturated carbocycles. The monoisotopic (exact) mass is 584 g/mol. The number of carbonyl (C=O) groups is 6. The summed E-state index contributed by atoms with van der Waals surface area (Å²) in [6.07, 6.45) is 2.74. The van der Waals surface area contributed by atoms with E-state index in [4.69, 9.17) is 11.5 Å². The van der Waals surface area contributed by atoms with Gasteiger partial charge in [0.05, 0.1) is 18.8 Å². The molecule has 0 fully saturated rings. The van der Waals surface area contributed by atoms with Crippen molar-refractivity contribution in [1.29, 1.82) is 0 Å². The molecule has 11 N–H and O–H groups in total. The summed E-state index contributed by atoms with van der Waals surface area (Å²) in [4.78, 5) is 83.2. The number of aromatic nitrogens is 3. The molecule has 3 aromatic rings. The molecule has 42 heavy (non-hydrogen) atoms. The Balaban J connectivity index is 1.78. The predicted molar refractivity (Wildman–Crippen MR) is 146 cm³/mol. The highest BCUT2D eigenvalue weighted by molar-refractivity contribution is 5.95. The number of fused-ring (bicyclic) bond motifs is 1. The molecule has 2 aromatic heterocycles. The van der Waals surface area contributed by atoms with E-state index in [0.29, 0.717) is 11.3 Å². The first-order valence-electron chi connectivity index (χ1n) is 12.9. The maximum Gasteiger partial charge on any atom is 0.326 e. The average Bonchev–Trinajstić information content (AvgIpc) is 3.59. The number of para-hydroxylation sites is 1. The molecular weight excluding hydrogens is 552 g/mol. The van der Waals surface area contributed by atoms with Gasteiger partial charge in [-0.15, -0.1) is 0 Å². The van der Waals surface area contributed by atoms with E-state index in [1.807, 2.05) is 12.1 Å². The summed E-state index contributed by atoms with van der Waals surface area (Å²) in [6, 6.07) is 1.62. The minimum atomic E-state index is -1.47. The zero-order chi connectivity index (χ0) is 30.8. The lowest BCUT2D eigenvalue weighted by Gasteiger charge is -2.25. The van der Waals surface area contributed by atoms with Gasteiger partial charge in [0, 0.05) is 48.3 Å². The van der Waals surface area contributed by atoms with Gasteiger partial charge in [0.25, 0.3) is 0 Å². The normalized spacial score (nSPS) is 13.8. The molecule has 0 aliphatic carbocycles. The van der Waals surface area contributed by atoms with Gasteiger partial charge < -0.3 is 47.6 Å². The highest BCUT2D eigenvalue weighted by atomic mass is 16.4. The van der Waals surface area contributed by atoms with Crippen LogP contribution in [0.5, 0.6) is 0 Å². The zero-order valence-corrected chi connectivity index (χ0v) is 22.3. The fraction of sp³-hybridized carbons (Fsp3) is 0.346. The number of carbonyl (C=O) groups excluding carboxylic acids is 4. The van der Waals surface area contributed by atoms with Gasteiger partial charge in [0.1, 0.15) is 18.1 Å². The number of carboxylic acids is 2. The van der Waals surface area contributed by atoms with Crippen molar-refractivity contribution < 1.29 is 39.0 Å². The number of amides is 4. The van der Waals surface area contributed by atoms with Gasteiger partial charge in [0.15, 0.2) is 0 Å². The minimum absolute atomic E-state index is 0.0963. The van der Waals surface area contributed by atoms with Crippen molar-refractivity contribution in [2.45, 2.75) is 56.3 Å². The molecular formula is C26H32N8O8. The van der Waals surface area contributed by atoms with Gasteiger partial charge in [-0.05, 0) is 18.1 Å². The second-order valence-electron chi connectivity index (χ2n) is 9.58. The van der Waals surface area contributed by atoms with Gasteiger partial charge in [-0.3, -0.25) is 24.0 Å². The molecule has 3 rings (SSSR count). The average molecular weight is 585 g/mol. The van der Waals surface area contributed by atoms with Crippen LogP contribution in [0.3, 0.4) is 0 Å². The summed E-state index contributed by atoms with van der Waals surface area (Å²) >= 11 is 0. The number of carboxylic acid groups (broad SMARTS) is 2. The topological polar surface area (TPSA) is 275 Å². The van der Waals surface area contributed by atoms with Crippen molar-refractivity contribution >= 4 is 46.5 Å². The Kier molecular flexibility index (Phi) is 10.7. The smallest absolute Gasteiger partial charge is 0.326 e. The number of aliphatic carboxylic acids is 2. The summed E-state index contributed by atoms with van der Waals surface area (Å²) in [6.45, 7) is 0. The lowest BCUT2D eigenvalue weighted by atomic mass is 10.0. The number of nitrogens with zero attached hydrogens (tertiary/aromatic N) is 1. The highest BCUT2D eigenvalue weighted by Gasteiger charge is 2.31. The number of nitrogens with two attached hydrogens (primary N) is 2. The van der Waals surface area contributed by atoms with Crippen LogP contribution >= 0.6 is 0 Å². The minimum Gasteiger partial charge on any atom is -0.481 e. The Morgan fingerprint density at radius 2 is 1.55 bits per heavy atom. The lowest BCUT2D eigenvalue weighted by Crippen LogP contribution is -2.58. The standard InChI is InChI=1S/C26H32N8O8/c27-16(9-21(28)35)23(38)33-19(8-14-11-29-12-31-14)25(40)32-18(5-6-22(36)37)24(39)34-20(26(41)42)7-13-10-30-17-4-2-1-3-15(13)17/h1-4,10-12,16,18-20,30H,5-9,27H2,(H2,28,35)(H,29,31)(H,32,40)(H,33,38)(H,34,39)(H,36,37)(H,41,42). The third kappa shape index (κ3) is 8.88. The van der Waals surface area contributed by atoms with Crippen molar-refractivity contribution in [3.8, 4) is 0 Å². The molecule has 16 nitrogen and oxygen atoms in total. The van der Waals surface area contributed by atoms with Gasteiger partial charge in [-0.25, -0.2) is 9.78 Å². The van der Waals surface area contributed by atoms with Gasteiger partial charge in [0.2, 0.25) is 23.6 Å². The van der Waals surface area contributed by atoms with E-state index < -0.39 is 72.6 Å². The van der Waals surface area contributed by atoms with Crippen molar-refractivity contribution in [2.75, 3.05) is 0 Å². The van der Waals surface area contributed by atoms with Crippen molar-refractivity contribution in [3.05, 3.63) is 54.2 Å². The molecule has 2 heterocycles. The van der Waals surface area contributed by atoms with Gasteiger partial charge >= 0.3 is 11.9 Å². The number of nitrogens with one attached hydrogen (secondary N) is 5. The fourth-order valence-electron chi connectivity index (χ4n) is 4.22. The molecule has 224 valence electrons. The number of rotatable bonds is 16. The van der Waals surface area contributed by atoms with E-state index in [9.17, 15) is 39.0 Å². The number of hydrogen-bond acceptors (Lipinski definition) is 8. The van der Waals surface area contributed by atoms with Crippen LogP contribution in [0.1, 0.15) is 30.5 Å². The lowest BCUT2D eigenvalue weighted by molar-refractivity contribution is -0.143. The molecule has 4 atom stereocenters. The summed E-state index contributed by atoms with van der Waals surface area (Å²) < 4.78 is 0. The Labute approximate surface area is 238 Å². The Morgan fingerprint density at radius 3 is 2.19 bits per heavy atom. The first-order chi connectivity index (χ1) is 19.9. The predicted octanol–water partition coefficient (Wildman–Crippen LogP) is -1.72. The molecule has 0 saturated heterocycles. The summed E-state index contributed by atoms with van der Waals surface area (Å²) in [5.74, 6) is -6.13. The summed E-state index contributed by atoms with van der Waals surface area (Å²) in [7, 11) is 0. The number of hydrogen-bond donors (Lipinski definition) is 9. The number of H-pyrrole nitrogens is 2. The Morgan fingerprint density at radius 1 is 0.881 bits per heavy atom. The molecule has 4 unspecified atom stereocenters. The second kappa shape index (κ2) is 14.4. The van der Waals surface area contributed by atoms with Gasteiger partial charge in [-0.2, -0.15) is 0 Å². The van der Waals surface area contributed by atoms with Crippen molar-refractivity contribution in [3.63, 3.8) is 0 Å². The van der Waals surface area contributed by atoms with Crippen LogP contribution in [-0.2, 0) is 41.6 Å². The Bertz CT molecular complexity index is 1440. The second-order valence-corrected chi connectivity index (χ2v) is 9.58. The molecule has 0 spiro atoms. The first-order valence-corrected chi connectivity index (χ1v) is 12.9. The maximum absolute atomic E-state index is 13.3.